The number of aromatic nitrogens is 5. The van der Waals surface area contributed by atoms with Gasteiger partial charge in [0, 0.05) is 31.4 Å². The molecule has 0 atom stereocenters. The van der Waals surface area contributed by atoms with Crippen molar-refractivity contribution >= 4 is 34.5 Å². The normalized spacial score (nSPS) is 13.8. The van der Waals surface area contributed by atoms with Gasteiger partial charge in [0.1, 0.15) is 22.9 Å². The number of nitrogens with zero attached hydrogens (tertiary/aromatic N) is 7. The van der Waals surface area contributed by atoms with E-state index in [4.69, 9.17) is 4.74 Å². The van der Waals surface area contributed by atoms with E-state index in [9.17, 15) is 10.1 Å². The fourth-order valence-electron chi connectivity index (χ4n) is 4.31. The Kier molecular flexibility index (Phi) is 6.79. The van der Waals surface area contributed by atoms with Gasteiger partial charge in [0.25, 0.3) is 5.69 Å². The van der Waals surface area contributed by atoms with E-state index in [1.165, 1.54) is 18.0 Å². The van der Waals surface area contributed by atoms with Gasteiger partial charge in [-0.15, -0.1) is 4.80 Å². The molecular formula is C25H27N9O3. The van der Waals surface area contributed by atoms with E-state index in [0.717, 1.165) is 37.3 Å². The van der Waals surface area contributed by atoms with Crippen molar-refractivity contribution in [2.24, 2.45) is 5.92 Å². The first-order chi connectivity index (χ1) is 18.0. The van der Waals surface area contributed by atoms with Gasteiger partial charge in [0.2, 0.25) is 5.95 Å². The van der Waals surface area contributed by atoms with Crippen LogP contribution in [0.2, 0.25) is 0 Å². The molecule has 12 heteroatoms. The monoisotopic (exact) mass is 501 g/mol. The Hall–Kier alpha value is -4.74. The number of nitrogens with one attached hydrogen (secondary N) is 2. The second-order valence-corrected chi connectivity index (χ2v) is 8.82. The third-order valence-electron chi connectivity index (χ3n) is 6.32. The lowest BCUT2D eigenvalue weighted by Gasteiger charge is -2.32. The van der Waals surface area contributed by atoms with E-state index in [1.54, 1.807) is 30.7 Å². The zero-order valence-corrected chi connectivity index (χ0v) is 20.5. The average molecular weight is 502 g/mol. The maximum atomic E-state index is 12.0. The lowest BCUT2D eigenvalue weighted by atomic mass is 9.98. The van der Waals surface area contributed by atoms with Crippen LogP contribution in [-0.4, -0.2) is 50.1 Å². The van der Waals surface area contributed by atoms with Gasteiger partial charge in [-0.1, -0.05) is 19.1 Å². The van der Waals surface area contributed by atoms with Crippen molar-refractivity contribution in [2.45, 2.75) is 19.8 Å². The van der Waals surface area contributed by atoms with Gasteiger partial charge < -0.3 is 20.3 Å². The fraction of sp³-hybridized carbons (Fsp3) is 0.280. The average Bonchev–Trinajstić information content (AvgIpc) is 3.44. The molecule has 1 saturated heterocycles. The molecule has 1 fully saturated rings. The molecule has 1 aliphatic rings. The molecule has 5 rings (SSSR count). The number of rotatable bonds is 8. The summed E-state index contributed by atoms with van der Waals surface area (Å²) in [6.45, 7) is 3.74. The second kappa shape index (κ2) is 10.5. The number of piperidine rings is 1. The number of nitro groups is 1. The minimum absolute atomic E-state index is 0.00721. The van der Waals surface area contributed by atoms with Crippen molar-refractivity contribution in [3.05, 3.63) is 71.2 Å². The molecule has 37 heavy (non-hydrogen) atoms. The van der Waals surface area contributed by atoms with Gasteiger partial charge >= 0.3 is 0 Å². The zero-order chi connectivity index (χ0) is 25.8. The van der Waals surface area contributed by atoms with Crippen molar-refractivity contribution in [2.75, 3.05) is 35.7 Å². The lowest BCUT2D eigenvalue weighted by molar-refractivity contribution is -0.384. The lowest BCUT2D eigenvalue weighted by Crippen LogP contribution is -2.33. The standard InChI is InChI=1S/C25H27N9O3/c1-17-8-13-32(14-9-17)21-16-23(37-2)19(15-22(21)34(35)36)30-25-26-10-7-24(31-25)29-18-5-3-4-6-20(18)33-27-11-12-28-33/h3-7,10-12,15-17H,8-9,13-14H2,1-2H3,(H2,26,29,30,31). The van der Waals surface area contributed by atoms with E-state index >= 15 is 0 Å². The maximum Gasteiger partial charge on any atom is 0.294 e. The summed E-state index contributed by atoms with van der Waals surface area (Å²) in [6.07, 6.45) is 6.79. The third kappa shape index (κ3) is 5.27. The summed E-state index contributed by atoms with van der Waals surface area (Å²) >= 11 is 0. The van der Waals surface area contributed by atoms with E-state index in [2.05, 4.69) is 42.6 Å². The van der Waals surface area contributed by atoms with Gasteiger partial charge in [0.05, 0.1) is 35.8 Å². The van der Waals surface area contributed by atoms with Gasteiger partial charge in [-0.2, -0.15) is 15.2 Å². The first-order valence-corrected chi connectivity index (χ1v) is 12.0. The van der Waals surface area contributed by atoms with Crippen LogP contribution in [0.25, 0.3) is 5.69 Å². The summed E-state index contributed by atoms with van der Waals surface area (Å²) < 4.78 is 5.59. The molecule has 0 saturated carbocycles. The number of nitro benzene ring substituents is 1. The quantitative estimate of drug-likeness (QED) is 0.258. The molecule has 3 heterocycles. The second-order valence-electron chi connectivity index (χ2n) is 8.82. The summed E-state index contributed by atoms with van der Waals surface area (Å²) in [6, 6.07) is 12.5. The van der Waals surface area contributed by atoms with Crippen molar-refractivity contribution in [3.8, 4) is 11.4 Å². The molecule has 4 aromatic rings. The van der Waals surface area contributed by atoms with Crippen molar-refractivity contribution < 1.29 is 9.66 Å². The van der Waals surface area contributed by atoms with Gasteiger partial charge in [-0.3, -0.25) is 10.1 Å². The number of ether oxygens (including phenoxy) is 1. The Morgan fingerprint density at radius 2 is 1.76 bits per heavy atom. The highest BCUT2D eigenvalue weighted by molar-refractivity contribution is 5.77. The van der Waals surface area contributed by atoms with Crippen LogP contribution < -0.4 is 20.3 Å². The van der Waals surface area contributed by atoms with Crippen LogP contribution in [0.15, 0.2) is 61.1 Å². The Bertz CT molecular complexity index is 1390. The summed E-state index contributed by atoms with van der Waals surface area (Å²) in [4.78, 5) is 24.0. The molecule has 0 radical (unpaired) electrons. The van der Waals surface area contributed by atoms with Crippen LogP contribution in [0.3, 0.4) is 0 Å². The van der Waals surface area contributed by atoms with Crippen molar-refractivity contribution in [1.82, 2.24) is 25.0 Å². The van der Waals surface area contributed by atoms with Gasteiger partial charge in [0.15, 0.2) is 0 Å². The Balaban J connectivity index is 1.42. The number of methoxy groups -OCH3 is 1. The van der Waals surface area contributed by atoms with Gasteiger partial charge in [-0.25, -0.2) is 4.98 Å². The van der Waals surface area contributed by atoms with Crippen LogP contribution in [0.1, 0.15) is 19.8 Å². The van der Waals surface area contributed by atoms with Crippen LogP contribution in [0, 0.1) is 16.0 Å². The molecule has 12 nitrogen and oxygen atoms in total. The number of benzene rings is 2. The summed E-state index contributed by atoms with van der Waals surface area (Å²) in [5, 5.41) is 26.7. The van der Waals surface area contributed by atoms with E-state index in [1.807, 2.05) is 24.3 Å². The highest BCUT2D eigenvalue weighted by Gasteiger charge is 2.26. The predicted octanol–water partition coefficient (Wildman–Crippen LogP) is 4.70. The SMILES string of the molecule is COc1cc(N2CCC(C)CC2)c([N+](=O)[O-])cc1Nc1nccc(Nc2ccccc2-n2nccn2)n1. The Morgan fingerprint density at radius 3 is 2.49 bits per heavy atom. The fourth-order valence-corrected chi connectivity index (χ4v) is 4.31. The van der Waals surface area contributed by atoms with Crippen molar-refractivity contribution in [1.29, 1.82) is 0 Å². The Morgan fingerprint density at radius 1 is 1.00 bits per heavy atom. The molecule has 1 aliphatic heterocycles. The van der Waals surface area contributed by atoms with E-state index in [-0.39, 0.29) is 16.6 Å². The molecule has 0 aliphatic carbocycles. The summed E-state index contributed by atoms with van der Waals surface area (Å²) in [7, 11) is 1.54. The molecule has 2 aromatic carbocycles. The molecule has 0 spiro atoms. The molecular weight excluding hydrogens is 474 g/mol. The first-order valence-electron chi connectivity index (χ1n) is 12.0. The minimum atomic E-state index is -0.364. The number of hydrogen-bond donors (Lipinski definition) is 2. The highest BCUT2D eigenvalue weighted by Crippen LogP contribution is 2.40. The topological polar surface area (TPSA) is 136 Å². The third-order valence-corrected chi connectivity index (χ3v) is 6.32. The molecule has 0 bridgehead atoms. The maximum absolute atomic E-state index is 12.0. The van der Waals surface area contributed by atoms with Crippen molar-refractivity contribution in [3.63, 3.8) is 0 Å². The van der Waals surface area contributed by atoms with Crippen LogP contribution in [0.4, 0.5) is 34.5 Å². The van der Waals surface area contributed by atoms with Gasteiger partial charge in [-0.05, 0) is 37.0 Å². The smallest absolute Gasteiger partial charge is 0.294 e. The Labute approximate surface area is 213 Å². The minimum Gasteiger partial charge on any atom is -0.494 e. The van der Waals surface area contributed by atoms with Crippen LogP contribution in [0.5, 0.6) is 5.75 Å². The summed E-state index contributed by atoms with van der Waals surface area (Å²) in [5.41, 5.74) is 2.46. The van der Waals surface area contributed by atoms with E-state index in [0.29, 0.717) is 28.9 Å². The highest BCUT2D eigenvalue weighted by atomic mass is 16.6. The van der Waals surface area contributed by atoms with Crippen LogP contribution >= 0.6 is 0 Å². The number of hydrogen-bond acceptors (Lipinski definition) is 10. The predicted molar refractivity (Wildman–Crippen MR) is 140 cm³/mol. The zero-order valence-electron chi connectivity index (χ0n) is 20.5. The summed E-state index contributed by atoms with van der Waals surface area (Å²) in [5.74, 6) is 1.85. The first kappa shape index (κ1) is 24.0. The van der Waals surface area contributed by atoms with Crippen LogP contribution in [-0.2, 0) is 0 Å². The molecule has 2 N–H and O–H groups in total. The largest absolute Gasteiger partial charge is 0.494 e. The molecule has 0 unspecified atom stereocenters. The molecule has 190 valence electrons. The number of para-hydroxylation sites is 2. The number of anilines is 5. The molecule has 2 aromatic heterocycles. The van der Waals surface area contributed by atoms with E-state index < -0.39 is 0 Å². The molecule has 0 amide bonds.